The summed E-state index contributed by atoms with van der Waals surface area (Å²) in [5, 5.41) is 14.8. The summed E-state index contributed by atoms with van der Waals surface area (Å²) in [5.41, 5.74) is 2.03. The first-order valence-corrected chi connectivity index (χ1v) is 11.2. The van der Waals surface area contributed by atoms with Crippen molar-refractivity contribution in [2.45, 2.75) is 24.5 Å². The Balaban J connectivity index is 1.46. The zero-order valence-corrected chi connectivity index (χ0v) is 18.0. The van der Waals surface area contributed by atoms with Gasteiger partial charge in [0.1, 0.15) is 0 Å². The second-order valence-electron chi connectivity index (χ2n) is 7.39. The van der Waals surface area contributed by atoms with Crippen LogP contribution in [-0.4, -0.2) is 49.0 Å². The van der Waals surface area contributed by atoms with Crippen molar-refractivity contribution in [3.05, 3.63) is 60.2 Å². The fraction of sp³-hybridized carbons (Fsp3) is 0.391. The van der Waals surface area contributed by atoms with Gasteiger partial charge in [0.25, 0.3) is 0 Å². The number of thioether (sulfide) groups is 1. The molecule has 0 radical (unpaired) electrons. The molecule has 2 aromatic carbocycles. The minimum Gasteiger partial charge on any atom is -0.374 e. The van der Waals surface area contributed by atoms with E-state index in [0.29, 0.717) is 18.9 Å². The van der Waals surface area contributed by atoms with Gasteiger partial charge >= 0.3 is 6.03 Å². The molecule has 0 aliphatic carbocycles. The zero-order chi connectivity index (χ0) is 21.2. The molecule has 1 aliphatic heterocycles. The third-order valence-electron chi connectivity index (χ3n) is 4.81. The molecule has 3 rings (SSSR count). The number of anilines is 1. The van der Waals surface area contributed by atoms with Gasteiger partial charge in [0, 0.05) is 36.8 Å². The van der Waals surface area contributed by atoms with Gasteiger partial charge in [-0.1, -0.05) is 42.5 Å². The van der Waals surface area contributed by atoms with Crippen molar-refractivity contribution < 1.29 is 9.53 Å². The minimum atomic E-state index is -0.250. The molecule has 0 bridgehead atoms. The van der Waals surface area contributed by atoms with E-state index in [0.717, 1.165) is 30.2 Å². The number of para-hydroxylation sites is 1. The van der Waals surface area contributed by atoms with E-state index in [2.05, 4.69) is 45.9 Å². The zero-order valence-electron chi connectivity index (χ0n) is 17.2. The number of hydrogen-bond acceptors (Lipinski definition) is 5. The molecule has 1 saturated heterocycles. The summed E-state index contributed by atoms with van der Waals surface area (Å²) in [6.45, 7) is 5.58. The van der Waals surface area contributed by atoms with E-state index in [1.54, 1.807) is 11.8 Å². The second kappa shape index (κ2) is 11.6. The lowest BCUT2D eigenvalue weighted by Gasteiger charge is -2.33. The molecule has 6 nitrogen and oxygen atoms in total. The quantitative estimate of drug-likeness (QED) is 0.627. The first-order valence-electron chi connectivity index (χ1n) is 10.2. The monoisotopic (exact) mass is 424 g/mol. The van der Waals surface area contributed by atoms with Gasteiger partial charge < -0.3 is 15.4 Å². The third-order valence-corrected chi connectivity index (χ3v) is 6.14. The highest BCUT2D eigenvalue weighted by molar-refractivity contribution is 7.99. The summed E-state index contributed by atoms with van der Waals surface area (Å²) in [6.07, 6.45) is -0.0330. The van der Waals surface area contributed by atoms with Crippen LogP contribution >= 0.6 is 11.8 Å². The van der Waals surface area contributed by atoms with Crippen LogP contribution in [0.5, 0.6) is 0 Å². The summed E-state index contributed by atoms with van der Waals surface area (Å²) in [5.74, 6) is 0.642. The number of urea groups is 1. The molecule has 2 unspecified atom stereocenters. The molecule has 2 aromatic rings. The predicted octanol–water partition coefficient (Wildman–Crippen LogP) is 3.96. The van der Waals surface area contributed by atoms with E-state index in [1.807, 2.05) is 37.3 Å². The molecule has 0 spiro atoms. The van der Waals surface area contributed by atoms with E-state index in [9.17, 15) is 4.79 Å². The lowest BCUT2D eigenvalue weighted by molar-refractivity contribution is -0.0285. The summed E-state index contributed by atoms with van der Waals surface area (Å²) >= 11 is 1.57. The molecule has 2 N–H and O–H groups in total. The number of carbonyl (C=O) groups is 1. The maximum absolute atomic E-state index is 12.4. The van der Waals surface area contributed by atoms with E-state index in [1.165, 1.54) is 5.56 Å². The number of ether oxygens (including phenoxy) is 1. The molecule has 30 heavy (non-hydrogen) atoms. The van der Waals surface area contributed by atoms with E-state index >= 15 is 0 Å². The number of rotatable bonds is 8. The topological polar surface area (TPSA) is 77.4 Å². The molecule has 0 saturated carbocycles. The molecular weight excluding hydrogens is 396 g/mol. The van der Waals surface area contributed by atoms with Gasteiger partial charge in [-0.15, -0.1) is 11.8 Å². The van der Waals surface area contributed by atoms with Crippen LogP contribution in [-0.2, 0) is 11.3 Å². The number of nitrogens with zero attached hydrogens (tertiary/aromatic N) is 2. The third kappa shape index (κ3) is 7.06. The van der Waals surface area contributed by atoms with Crippen LogP contribution in [0.15, 0.2) is 59.5 Å². The van der Waals surface area contributed by atoms with E-state index < -0.39 is 0 Å². The van der Waals surface area contributed by atoms with Gasteiger partial charge in [0.2, 0.25) is 0 Å². The number of amides is 2. The SMILES string of the molecule is CC(C#N)CSc1ccccc1NC(=O)NCC1CN(Cc2ccccc2)CCO1. The minimum absolute atomic E-state index is 0.0330. The summed E-state index contributed by atoms with van der Waals surface area (Å²) < 4.78 is 5.83. The Kier molecular flexibility index (Phi) is 8.57. The maximum Gasteiger partial charge on any atom is 0.319 e. The van der Waals surface area contributed by atoms with Crippen LogP contribution in [0.1, 0.15) is 12.5 Å². The Labute approximate surface area is 182 Å². The lowest BCUT2D eigenvalue weighted by atomic mass is 10.2. The highest BCUT2D eigenvalue weighted by Gasteiger charge is 2.21. The van der Waals surface area contributed by atoms with Crippen LogP contribution in [0.2, 0.25) is 0 Å². The van der Waals surface area contributed by atoms with Crippen LogP contribution < -0.4 is 10.6 Å². The van der Waals surface area contributed by atoms with Crippen LogP contribution in [0.4, 0.5) is 10.5 Å². The standard InChI is InChI=1S/C23H28N4O2S/c1-18(13-24)17-30-22-10-6-5-9-21(22)26-23(28)25-14-20-16-27(11-12-29-20)15-19-7-3-2-4-8-19/h2-10,18,20H,11-12,14-17H2,1H3,(H2,25,26,28). The van der Waals surface area contributed by atoms with E-state index in [-0.39, 0.29) is 18.1 Å². The summed E-state index contributed by atoms with van der Waals surface area (Å²) in [6, 6.07) is 20.0. The first-order chi connectivity index (χ1) is 14.6. The summed E-state index contributed by atoms with van der Waals surface area (Å²) in [4.78, 5) is 15.7. The number of hydrogen-bond donors (Lipinski definition) is 2. The molecule has 2 amide bonds. The average molecular weight is 425 g/mol. The van der Waals surface area contributed by atoms with Crippen molar-refractivity contribution in [3.8, 4) is 6.07 Å². The van der Waals surface area contributed by atoms with Crippen LogP contribution in [0.3, 0.4) is 0 Å². The molecule has 0 aromatic heterocycles. The van der Waals surface area contributed by atoms with Gasteiger partial charge in [-0.3, -0.25) is 4.90 Å². The fourth-order valence-corrected chi connectivity index (χ4v) is 4.16. The molecular formula is C23H28N4O2S. The largest absolute Gasteiger partial charge is 0.374 e. The van der Waals surface area contributed by atoms with Gasteiger partial charge in [-0.2, -0.15) is 5.26 Å². The fourth-order valence-electron chi connectivity index (χ4n) is 3.21. The Morgan fingerprint density at radius 3 is 2.83 bits per heavy atom. The molecule has 1 aliphatic rings. The van der Waals surface area contributed by atoms with Gasteiger partial charge in [0.05, 0.1) is 30.4 Å². The molecule has 7 heteroatoms. The van der Waals surface area contributed by atoms with Crippen molar-refractivity contribution in [1.82, 2.24) is 10.2 Å². The van der Waals surface area contributed by atoms with Gasteiger partial charge in [0.15, 0.2) is 0 Å². The maximum atomic E-state index is 12.4. The van der Waals surface area contributed by atoms with Crippen molar-refractivity contribution in [3.63, 3.8) is 0 Å². The summed E-state index contributed by atoms with van der Waals surface area (Å²) in [7, 11) is 0. The first kappa shape index (κ1) is 22.2. The van der Waals surface area contributed by atoms with Gasteiger partial charge in [-0.25, -0.2) is 4.79 Å². The smallest absolute Gasteiger partial charge is 0.319 e. The number of benzene rings is 2. The molecule has 2 atom stereocenters. The number of nitrogens with one attached hydrogen (secondary N) is 2. The Morgan fingerprint density at radius 2 is 2.03 bits per heavy atom. The van der Waals surface area contributed by atoms with Crippen molar-refractivity contribution in [1.29, 1.82) is 5.26 Å². The Hall–Kier alpha value is -2.53. The number of nitriles is 1. The molecule has 1 heterocycles. The van der Waals surface area contributed by atoms with Crippen molar-refractivity contribution in [2.24, 2.45) is 5.92 Å². The Morgan fingerprint density at radius 1 is 1.27 bits per heavy atom. The van der Waals surface area contributed by atoms with Crippen LogP contribution in [0.25, 0.3) is 0 Å². The number of carbonyl (C=O) groups excluding carboxylic acids is 1. The van der Waals surface area contributed by atoms with E-state index in [4.69, 9.17) is 10.00 Å². The predicted molar refractivity (Wildman–Crippen MR) is 120 cm³/mol. The lowest BCUT2D eigenvalue weighted by Crippen LogP contribution is -2.47. The van der Waals surface area contributed by atoms with Crippen LogP contribution in [0, 0.1) is 17.2 Å². The second-order valence-corrected chi connectivity index (χ2v) is 8.45. The Bertz CT molecular complexity index is 856. The average Bonchev–Trinajstić information content (AvgIpc) is 2.78. The highest BCUT2D eigenvalue weighted by Crippen LogP contribution is 2.28. The normalized spacial score (nSPS) is 17.7. The van der Waals surface area contributed by atoms with Crippen molar-refractivity contribution in [2.75, 3.05) is 37.3 Å². The van der Waals surface area contributed by atoms with Crippen molar-refractivity contribution >= 4 is 23.5 Å². The molecule has 158 valence electrons. The number of morpholine rings is 1. The highest BCUT2D eigenvalue weighted by atomic mass is 32.2. The van der Waals surface area contributed by atoms with Gasteiger partial charge in [-0.05, 0) is 24.6 Å². The molecule has 1 fully saturated rings.